The molecule has 132 valence electrons. The maximum atomic E-state index is 11.5. The van der Waals surface area contributed by atoms with E-state index in [0.29, 0.717) is 23.6 Å². The van der Waals surface area contributed by atoms with Crippen molar-refractivity contribution in [2.75, 3.05) is 50.4 Å². The number of para-hydroxylation sites is 1. The average Bonchev–Trinajstić information content (AvgIpc) is 2.63. The lowest BCUT2D eigenvalue weighted by Gasteiger charge is -2.35. The molecule has 1 saturated heterocycles. The first kappa shape index (κ1) is 17.0. The standard InChI is InChI=1S/C17H22N6O2/c1-19-16(25)11-22-6-8-23(9-7-22)14-10-13(20-21-17(14)18)12-4-2-3-5-15(12)24/h2-5,10,24H,6-9,11H2,1H3,(H2,18,21)(H,19,25). The molecule has 1 amide bonds. The number of nitrogens with one attached hydrogen (secondary N) is 1. The van der Waals surface area contributed by atoms with E-state index in [4.69, 9.17) is 5.73 Å². The third kappa shape index (κ3) is 3.80. The fourth-order valence-electron chi connectivity index (χ4n) is 2.90. The highest BCUT2D eigenvalue weighted by Gasteiger charge is 2.21. The smallest absolute Gasteiger partial charge is 0.233 e. The van der Waals surface area contributed by atoms with E-state index in [1.54, 1.807) is 25.2 Å². The van der Waals surface area contributed by atoms with Crippen LogP contribution in [0, 0.1) is 0 Å². The fraction of sp³-hybridized carbons (Fsp3) is 0.353. The molecule has 1 aliphatic rings. The number of carbonyl (C=O) groups is 1. The number of phenols is 1. The number of hydrogen-bond donors (Lipinski definition) is 3. The lowest BCUT2D eigenvalue weighted by molar-refractivity contribution is -0.121. The SMILES string of the molecule is CNC(=O)CN1CCN(c2cc(-c3ccccc3O)nnc2N)CC1. The third-order valence-corrected chi connectivity index (χ3v) is 4.34. The molecule has 2 aromatic rings. The molecule has 0 atom stereocenters. The highest BCUT2D eigenvalue weighted by atomic mass is 16.3. The number of aromatic nitrogens is 2. The molecule has 2 heterocycles. The molecule has 1 aliphatic heterocycles. The van der Waals surface area contributed by atoms with Crippen LogP contribution >= 0.6 is 0 Å². The Morgan fingerprint density at radius 2 is 1.96 bits per heavy atom. The highest BCUT2D eigenvalue weighted by Crippen LogP contribution is 2.31. The second-order valence-electron chi connectivity index (χ2n) is 5.95. The first-order valence-electron chi connectivity index (χ1n) is 8.18. The summed E-state index contributed by atoms with van der Waals surface area (Å²) in [4.78, 5) is 15.7. The van der Waals surface area contributed by atoms with Gasteiger partial charge in [-0.25, -0.2) is 0 Å². The normalized spacial score (nSPS) is 15.2. The zero-order chi connectivity index (χ0) is 17.8. The van der Waals surface area contributed by atoms with Crippen LogP contribution in [0.1, 0.15) is 0 Å². The molecule has 1 aromatic heterocycles. The molecule has 8 nitrogen and oxygen atoms in total. The molecular weight excluding hydrogens is 320 g/mol. The van der Waals surface area contributed by atoms with Crippen molar-refractivity contribution in [2.45, 2.75) is 0 Å². The minimum atomic E-state index is 0.0142. The zero-order valence-electron chi connectivity index (χ0n) is 14.1. The van der Waals surface area contributed by atoms with Gasteiger partial charge in [0.25, 0.3) is 0 Å². The summed E-state index contributed by atoms with van der Waals surface area (Å²) in [6.07, 6.45) is 0. The first-order chi connectivity index (χ1) is 12.1. The zero-order valence-corrected chi connectivity index (χ0v) is 14.1. The Balaban J connectivity index is 1.76. The quantitative estimate of drug-likeness (QED) is 0.733. The van der Waals surface area contributed by atoms with Crippen molar-refractivity contribution in [1.29, 1.82) is 0 Å². The summed E-state index contributed by atoms with van der Waals surface area (Å²) in [6.45, 7) is 3.42. The van der Waals surface area contributed by atoms with Crippen molar-refractivity contribution < 1.29 is 9.90 Å². The predicted octanol–water partition coefficient (Wildman–Crippen LogP) is 0.299. The Kier molecular flexibility index (Phi) is 4.99. The van der Waals surface area contributed by atoms with Crippen LogP contribution < -0.4 is 16.0 Å². The number of aromatic hydroxyl groups is 1. The van der Waals surface area contributed by atoms with Gasteiger partial charge in [0.1, 0.15) is 5.75 Å². The number of piperazine rings is 1. The van der Waals surface area contributed by atoms with Crippen molar-refractivity contribution in [3.05, 3.63) is 30.3 Å². The van der Waals surface area contributed by atoms with Gasteiger partial charge in [-0.2, -0.15) is 0 Å². The minimum Gasteiger partial charge on any atom is -0.507 e. The van der Waals surface area contributed by atoms with Gasteiger partial charge in [0.05, 0.1) is 17.9 Å². The Bertz CT molecular complexity index is 759. The van der Waals surface area contributed by atoms with Crippen molar-refractivity contribution in [2.24, 2.45) is 0 Å². The number of likely N-dealkylation sites (N-methyl/N-ethyl adjacent to an activating group) is 1. The van der Waals surface area contributed by atoms with Gasteiger partial charge in [0.15, 0.2) is 5.82 Å². The molecule has 0 spiro atoms. The van der Waals surface area contributed by atoms with Crippen molar-refractivity contribution in [3.63, 3.8) is 0 Å². The van der Waals surface area contributed by atoms with Gasteiger partial charge >= 0.3 is 0 Å². The molecule has 1 fully saturated rings. The van der Waals surface area contributed by atoms with Crippen LogP contribution in [0.2, 0.25) is 0 Å². The second-order valence-corrected chi connectivity index (χ2v) is 5.95. The average molecular weight is 342 g/mol. The summed E-state index contributed by atoms with van der Waals surface area (Å²) in [5.74, 6) is 0.530. The van der Waals surface area contributed by atoms with Gasteiger partial charge < -0.3 is 21.1 Å². The summed E-state index contributed by atoms with van der Waals surface area (Å²) in [7, 11) is 1.64. The lowest BCUT2D eigenvalue weighted by Crippen LogP contribution is -2.49. The molecule has 4 N–H and O–H groups in total. The van der Waals surface area contributed by atoms with Crippen LogP contribution in [0.15, 0.2) is 30.3 Å². The predicted molar refractivity (Wildman–Crippen MR) is 96.3 cm³/mol. The molecule has 0 bridgehead atoms. The van der Waals surface area contributed by atoms with Crippen LogP contribution in [0.25, 0.3) is 11.3 Å². The molecule has 25 heavy (non-hydrogen) atoms. The lowest BCUT2D eigenvalue weighted by atomic mass is 10.1. The highest BCUT2D eigenvalue weighted by molar-refractivity contribution is 5.78. The molecule has 0 radical (unpaired) electrons. The number of phenolic OH excluding ortho intramolecular Hbond substituents is 1. The fourth-order valence-corrected chi connectivity index (χ4v) is 2.90. The third-order valence-electron chi connectivity index (χ3n) is 4.34. The second kappa shape index (κ2) is 7.35. The Hall–Kier alpha value is -2.87. The van der Waals surface area contributed by atoms with Gasteiger partial charge in [0.2, 0.25) is 5.91 Å². The molecule has 0 unspecified atom stereocenters. The van der Waals surface area contributed by atoms with Crippen LogP contribution in [0.4, 0.5) is 11.5 Å². The number of nitrogen functional groups attached to an aromatic ring is 1. The van der Waals surface area contributed by atoms with Crippen LogP contribution in [-0.2, 0) is 4.79 Å². The van der Waals surface area contributed by atoms with Crippen LogP contribution in [0.5, 0.6) is 5.75 Å². The summed E-state index contributed by atoms with van der Waals surface area (Å²) < 4.78 is 0. The van der Waals surface area contributed by atoms with E-state index in [0.717, 1.165) is 31.9 Å². The molecule has 8 heteroatoms. The summed E-state index contributed by atoms with van der Waals surface area (Å²) >= 11 is 0. The molecule has 1 aromatic carbocycles. The number of nitrogens with zero attached hydrogens (tertiary/aromatic N) is 4. The van der Waals surface area contributed by atoms with Crippen molar-refractivity contribution in [1.82, 2.24) is 20.4 Å². The number of anilines is 2. The molecule has 0 saturated carbocycles. The minimum absolute atomic E-state index is 0.0142. The number of rotatable bonds is 4. The number of carbonyl (C=O) groups excluding carboxylic acids is 1. The number of amides is 1. The summed E-state index contributed by atoms with van der Waals surface area (Å²) in [5, 5.41) is 20.8. The number of nitrogens with two attached hydrogens (primary N) is 1. The van der Waals surface area contributed by atoms with E-state index in [2.05, 4.69) is 25.3 Å². The summed E-state index contributed by atoms with van der Waals surface area (Å²) in [6, 6.07) is 8.86. The molecular formula is C17H22N6O2. The van der Waals surface area contributed by atoms with Gasteiger partial charge in [-0.15, -0.1) is 10.2 Å². The summed E-state index contributed by atoms with van der Waals surface area (Å²) in [5.41, 5.74) is 8.02. The van der Waals surface area contributed by atoms with Crippen molar-refractivity contribution >= 4 is 17.4 Å². The maximum Gasteiger partial charge on any atom is 0.233 e. The van der Waals surface area contributed by atoms with Crippen LogP contribution in [-0.4, -0.2) is 65.9 Å². The van der Waals surface area contributed by atoms with Gasteiger partial charge in [-0.1, -0.05) is 12.1 Å². The number of benzene rings is 1. The van der Waals surface area contributed by atoms with E-state index >= 15 is 0 Å². The van der Waals surface area contributed by atoms with Crippen LogP contribution in [0.3, 0.4) is 0 Å². The first-order valence-corrected chi connectivity index (χ1v) is 8.18. The monoisotopic (exact) mass is 342 g/mol. The molecule has 0 aliphatic carbocycles. The van der Waals surface area contributed by atoms with Gasteiger partial charge in [0, 0.05) is 38.8 Å². The van der Waals surface area contributed by atoms with E-state index in [1.165, 1.54) is 0 Å². The van der Waals surface area contributed by atoms with E-state index in [-0.39, 0.29) is 11.7 Å². The number of hydrogen-bond acceptors (Lipinski definition) is 7. The van der Waals surface area contributed by atoms with E-state index < -0.39 is 0 Å². The topological polar surface area (TPSA) is 108 Å². The largest absolute Gasteiger partial charge is 0.507 e. The van der Waals surface area contributed by atoms with E-state index in [1.807, 2.05) is 12.1 Å². The van der Waals surface area contributed by atoms with E-state index in [9.17, 15) is 9.90 Å². The molecule has 3 rings (SSSR count). The van der Waals surface area contributed by atoms with Gasteiger partial charge in [-0.3, -0.25) is 9.69 Å². The Morgan fingerprint density at radius 1 is 1.24 bits per heavy atom. The van der Waals surface area contributed by atoms with Crippen molar-refractivity contribution in [3.8, 4) is 17.0 Å². The van der Waals surface area contributed by atoms with Gasteiger partial charge in [-0.05, 0) is 18.2 Å². The maximum absolute atomic E-state index is 11.5. The Labute approximate surface area is 146 Å². The Morgan fingerprint density at radius 3 is 2.64 bits per heavy atom.